The predicted octanol–water partition coefficient (Wildman–Crippen LogP) is 2.63. The van der Waals surface area contributed by atoms with Gasteiger partial charge < -0.3 is 10.2 Å². The van der Waals surface area contributed by atoms with Crippen LogP contribution in [0.4, 0.5) is 11.6 Å². The minimum absolute atomic E-state index is 0.591. The van der Waals surface area contributed by atoms with Gasteiger partial charge in [0.1, 0.15) is 12.1 Å². The third-order valence-corrected chi connectivity index (χ3v) is 4.40. The molecule has 4 aromatic rings. The van der Waals surface area contributed by atoms with E-state index in [-0.39, 0.29) is 0 Å². The maximum Gasteiger partial charge on any atom is 0.168 e. The predicted molar refractivity (Wildman–Crippen MR) is 119 cm³/mol. The van der Waals surface area contributed by atoms with Gasteiger partial charge >= 0.3 is 0 Å². The number of fused-ring (bicyclic) bond motifs is 1. The molecule has 152 valence electrons. The zero-order chi connectivity index (χ0) is 20.8. The number of para-hydroxylation sites is 1. The summed E-state index contributed by atoms with van der Waals surface area (Å²) in [5.41, 5.74) is 5.51. The maximum atomic E-state index is 4.44. The lowest BCUT2D eigenvalue weighted by Crippen LogP contribution is -2.21. The van der Waals surface area contributed by atoms with E-state index in [4.69, 9.17) is 0 Å². The molecule has 0 spiro atoms. The molecule has 3 aromatic heterocycles. The molecule has 0 saturated carbocycles. The molecule has 30 heavy (non-hydrogen) atoms. The number of rotatable bonds is 8. The fourth-order valence-corrected chi connectivity index (χ4v) is 2.85. The highest BCUT2D eigenvalue weighted by molar-refractivity contribution is 5.88. The summed E-state index contributed by atoms with van der Waals surface area (Å²) >= 11 is 0. The Kier molecular flexibility index (Phi) is 5.90. The van der Waals surface area contributed by atoms with Crippen molar-refractivity contribution in [3.63, 3.8) is 0 Å². The zero-order valence-corrected chi connectivity index (χ0v) is 16.9. The highest BCUT2D eigenvalue weighted by Gasteiger charge is 2.10. The number of pyridine rings is 1. The Bertz CT molecular complexity index is 1120. The Hall–Kier alpha value is -3.85. The average molecular weight is 401 g/mol. The van der Waals surface area contributed by atoms with E-state index in [0.717, 1.165) is 35.5 Å². The second-order valence-electron chi connectivity index (χ2n) is 6.93. The van der Waals surface area contributed by atoms with Crippen LogP contribution in [0.25, 0.3) is 16.7 Å². The van der Waals surface area contributed by atoms with Crippen LogP contribution in [0.1, 0.15) is 5.56 Å². The van der Waals surface area contributed by atoms with Crippen LogP contribution in [-0.4, -0.2) is 63.0 Å². The topological polar surface area (TPSA) is 96.1 Å². The Balaban J connectivity index is 1.44. The van der Waals surface area contributed by atoms with E-state index >= 15 is 0 Å². The summed E-state index contributed by atoms with van der Waals surface area (Å²) in [5.74, 6) is 1.43. The van der Waals surface area contributed by atoms with E-state index in [0.29, 0.717) is 11.5 Å². The minimum Gasteiger partial charge on any atom is -0.369 e. The normalized spacial score (nSPS) is 11.4. The monoisotopic (exact) mass is 401 g/mol. The SMILES string of the molecule is CN(C)CCNc1ccc(/C=N/Nc2ncnc3c2cnn3-c2ccccc2)cn1. The van der Waals surface area contributed by atoms with Gasteiger partial charge in [0.2, 0.25) is 0 Å². The van der Waals surface area contributed by atoms with Crippen molar-refractivity contribution in [3.05, 3.63) is 66.7 Å². The molecule has 9 nitrogen and oxygen atoms in total. The van der Waals surface area contributed by atoms with Crippen molar-refractivity contribution in [1.29, 1.82) is 0 Å². The van der Waals surface area contributed by atoms with E-state index in [2.05, 4.69) is 40.8 Å². The van der Waals surface area contributed by atoms with Crippen LogP contribution in [0, 0.1) is 0 Å². The van der Waals surface area contributed by atoms with Gasteiger partial charge in [0, 0.05) is 24.8 Å². The molecule has 0 aliphatic rings. The fourth-order valence-electron chi connectivity index (χ4n) is 2.85. The van der Waals surface area contributed by atoms with Gasteiger partial charge in [0.05, 0.1) is 23.5 Å². The molecule has 1 aromatic carbocycles. The number of anilines is 2. The van der Waals surface area contributed by atoms with Crippen LogP contribution in [0.2, 0.25) is 0 Å². The van der Waals surface area contributed by atoms with Crippen LogP contribution in [0.5, 0.6) is 0 Å². The first-order chi connectivity index (χ1) is 14.7. The molecule has 4 rings (SSSR count). The summed E-state index contributed by atoms with van der Waals surface area (Å²) in [6.07, 6.45) is 6.70. The first-order valence-corrected chi connectivity index (χ1v) is 9.58. The third kappa shape index (κ3) is 4.58. The van der Waals surface area contributed by atoms with Crippen LogP contribution in [0.3, 0.4) is 0 Å². The quantitative estimate of drug-likeness (QED) is 0.346. The molecule has 0 fully saturated rings. The van der Waals surface area contributed by atoms with Crippen LogP contribution < -0.4 is 10.7 Å². The number of hydrazone groups is 1. The molecule has 0 unspecified atom stereocenters. The number of aromatic nitrogens is 5. The van der Waals surface area contributed by atoms with Gasteiger partial charge in [0.25, 0.3) is 0 Å². The Morgan fingerprint density at radius 3 is 2.67 bits per heavy atom. The molecular formula is C21H23N9. The molecule has 0 aliphatic carbocycles. The van der Waals surface area contributed by atoms with Crippen molar-refractivity contribution in [1.82, 2.24) is 29.6 Å². The average Bonchev–Trinajstić information content (AvgIpc) is 3.20. The van der Waals surface area contributed by atoms with Crippen molar-refractivity contribution < 1.29 is 0 Å². The lowest BCUT2D eigenvalue weighted by molar-refractivity contribution is 0.425. The highest BCUT2D eigenvalue weighted by Crippen LogP contribution is 2.21. The van der Waals surface area contributed by atoms with Crippen LogP contribution >= 0.6 is 0 Å². The molecule has 0 atom stereocenters. The second-order valence-corrected chi connectivity index (χ2v) is 6.93. The van der Waals surface area contributed by atoms with Crippen molar-refractivity contribution in [3.8, 4) is 5.69 Å². The Morgan fingerprint density at radius 2 is 1.90 bits per heavy atom. The molecule has 0 bridgehead atoms. The maximum absolute atomic E-state index is 4.44. The molecule has 0 aliphatic heterocycles. The number of hydrogen-bond donors (Lipinski definition) is 2. The van der Waals surface area contributed by atoms with E-state index in [1.807, 2.05) is 56.6 Å². The zero-order valence-electron chi connectivity index (χ0n) is 16.9. The molecule has 0 amide bonds. The molecule has 9 heteroatoms. The summed E-state index contributed by atoms with van der Waals surface area (Å²) in [6, 6.07) is 13.7. The van der Waals surface area contributed by atoms with E-state index in [1.54, 1.807) is 23.3 Å². The van der Waals surface area contributed by atoms with Crippen LogP contribution in [-0.2, 0) is 0 Å². The first kappa shape index (κ1) is 19.5. The van der Waals surface area contributed by atoms with Crippen molar-refractivity contribution in [2.24, 2.45) is 5.10 Å². The van der Waals surface area contributed by atoms with Crippen molar-refractivity contribution >= 4 is 28.9 Å². The van der Waals surface area contributed by atoms with E-state index in [9.17, 15) is 0 Å². The number of likely N-dealkylation sites (N-methyl/N-ethyl adjacent to an activating group) is 1. The molecule has 0 saturated heterocycles. The summed E-state index contributed by atoms with van der Waals surface area (Å²) in [4.78, 5) is 15.2. The van der Waals surface area contributed by atoms with Gasteiger partial charge in [-0.1, -0.05) is 18.2 Å². The van der Waals surface area contributed by atoms with Gasteiger partial charge in [-0.3, -0.25) is 5.43 Å². The van der Waals surface area contributed by atoms with Gasteiger partial charge in [-0.05, 0) is 38.4 Å². The number of nitrogens with one attached hydrogen (secondary N) is 2. The van der Waals surface area contributed by atoms with Crippen LogP contribution in [0.15, 0.2) is 66.3 Å². The summed E-state index contributed by atoms with van der Waals surface area (Å²) in [7, 11) is 4.08. The Labute approximate surface area is 174 Å². The number of benzene rings is 1. The smallest absolute Gasteiger partial charge is 0.168 e. The molecule has 3 heterocycles. The van der Waals surface area contributed by atoms with E-state index in [1.165, 1.54) is 6.33 Å². The lowest BCUT2D eigenvalue weighted by atomic mass is 10.3. The van der Waals surface area contributed by atoms with Gasteiger partial charge in [-0.15, -0.1) is 0 Å². The Morgan fingerprint density at radius 1 is 1.03 bits per heavy atom. The summed E-state index contributed by atoms with van der Waals surface area (Å²) in [6.45, 7) is 1.79. The number of nitrogens with zero attached hydrogens (tertiary/aromatic N) is 7. The summed E-state index contributed by atoms with van der Waals surface area (Å²) in [5, 5.41) is 12.8. The highest BCUT2D eigenvalue weighted by atomic mass is 15.3. The third-order valence-electron chi connectivity index (χ3n) is 4.40. The standard InChI is InChI=1S/C21H23N9/c1-29(2)11-10-22-19-9-8-16(12-23-19)13-26-28-20-18-14-27-30(21(18)25-15-24-20)17-6-4-3-5-7-17/h3-9,12-15H,10-11H2,1-2H3,(H,22,23)(H,24,25,28)/b26-13+. The fraction of sp³-hybridized carbons (Fsp3) is 0.190. The first-order valence-electron chi connectivity index (χ1n) is 9.58. The second kappa shape index (κ2) is 9.10. The van der Waals surface area contributed by atoms with Gasteiger partial charge in [-0.25, -0.2) is 19.6 Å². The van der Waals surface area contributed by atoms with Crippen molar-refractivity contribution in [2.75, 3.05) is 37.9 Å². The molecular weight excluding hydrogens is 378 g/mol. The van der Waals surface area contributed by atoms with Gasteiger partial charge in [0.15, 0.2) is 11.5 Å². The largest absolute Gasteiger partial charge is 0.369 e. The van der Waals surface area contributed by atoms with Gasteiger partial charge in [-0.2, -0.15) is 10.2 Å². The number of hydrogen-bond acceptors (Lipinski definition) is 8. The molecule has 0 radical (unpaired) electrons. The van der Waals surface area contributed by atoms with E-state index < -0.39 is 0 Å². The lowest BCUT2D eigenvalue weighted by Gasteiger charge is -2.10. The minimum atomic E-state index is 0.591. The summed E-state index contributed by atoms with van der Waals surface area (Å²) < 4.78 is 1.78. The molecule has 2 N–H and O–H groups in total. The van der Waals surface area contributed by atoms with Crippen molar-refractivity contribution in [2.45, 2.75) is 0 Å².